The molecule has 0 saturated carbocycles. The van der Waals surface area contributed by atoms with Crippen LogP contribution in [0, 0.1) is 0 Å². The molecule has 2 aliphatic heterocycles. The minimum absolute atomic E-state index is 0.143. The van der Waals surface area contributed by atoms with Crippen LogP contribution in [0.4, 0.5) is 0 Å². The van der Waals surface area contributed by atoms with Crippen LogP contribution >= 0.6 is 0 Å². The number of rotatable bonds is 1. The topological polar surface area (TPSA) is 48.7 Å². The van der Waals surface area contributed by atoms with Crippen molar-refractivity contribution in [3.63, 3.8) is 0 Å². The van der Waals surface area contributed by atoms with E-state index in [2.05, 4.69) is 17.3 Å². The zero-order chi connectivity index (χ0) is 11.8. The van der Waals surface area contributed by atoms with Crippen LogP contribution in [0.5, 0.6) is 0 Å². The summed E-state index contributed by atoms with van der Waals surface area (Å²) in [4.78, 5) is 16.6. The Kier molecular flexibility index (Phi) is 2.64. The van der Waals surface area contributed by atoms with Gasteiger partial charge in [-0.05, 0) is 19.2 Å². The number of amides is 1. The largest absolute Gasteiger partial charge is 0.467 e. The molecule has 2 fully saturated rings. The molecule has 2 saturated heterocycles. The van der Waals surface area contributed by atoms with E-state index in [1.807, 2.05) is 17.0 Å². The molecule has 5 heteroatoms. The molecule has 2 unspecified atom stereocenters. The molecule has 2 atom stereocenters. The van der Waals surface area contributed by atoms with Gasteiger partial charge >= 0.3 is 0 Å². The zero-order valence-corrected chi connectivity index (χ0v) is 9.93. The molecule has 5 nitrogen and oxygen atoms in total. The summed E-state index contributed by atoms with van der Waals surface area (Å²) in [5, 5.41) is 3.28. The summed E-state index contributed by atoms with van der Waals surface area (Å²) in [6.45, 7) is 3.55. The van der Waals surface area contributed by atoms with E-state index in [0.29, 0.717) is 11.8 Å². The minimum Gasteiger partial charge on any atom is -0.467 e. The smallest absolute Gasteiger partial charge is 0.247 e. The van der Waals surface area contributed by atoms with Crippen LogP contribution in [0.2, 0.25) is 0 Å². The van der Waals surface area contributed by atoms with Gasteiger partial charge in [0.25, 0.3) is 0 Å². The van der Waals surface area contributed by atoms with Crippen molar-refractivity contribution in [3.05, 3.63) is 24.2 Å². The van der Waals surface area contributed by atoms with Gasteiger partial charge in [0.2, 0.25) is 5.91 Å². The van der Waals surface area contributed by atoms with Gasteiger partial charge in [-0.1, -0.05) is 0 Å². The Labute approximate surface area is 100 Å². The SMILES string of the molecule is CN1CCN2C(=O)C(c3ccco3)NCC2C1. The first kappa shape index (κ1) is 10.8. The van der Waals surface area contributed by atoms with Gasteiger partial charge in [-0.15, -0.1) is 0 Å². The van der Waals surface area contributed by atoms with Gasteiger partial charge < -0.3 is 14.2 Å². The van der Waals surface area contributed by atoms with Crippen molar-refractivity contribution in [2.75, 3.05) is 33.2 Å². The summed E-state index contributed by atoms with van der Waals surface area (Å²) in [6, 6.07) is 3.67. The average molecular weight is 235 g/mol. The maximum atomic E-state index is 12.3. The van der Waals surface area contributed by atoms with E-state index in [-0.39, 0.29) is 11.9 Å². The highest BCUT2D eigenvalue weighted by atomic mass is 16.3. The van der Waals surface area contributed by atoms with Crippen LogP contribution < -0.4 is 5.32 Å². The summed E-state index contributed by atoms with van der Waals surface area (Å²) in [5.41, 5.74) is 0. The fraction of sp³-hybridized carbons (Fsp3) is 0.583. The Balaban J connectivity index is 1.78. The second kappa shape index (κ2) is 4.16. The van der Waals surface area contributed by atoms with E-state index in [4.69, 9.17) is 4.42 Å². The van der Waals surface area contributed by atoms with Crippen molar-refractivity contribution < 1.29 is 9.21 Å². The Morgan fingerprint density at radius 3 is 3.12 bits per heavy atom. The molecule has 17 heavy (non-hydrogen) atoms. The molecule has 0 bridgehead atoms. The highest BCUT2D eigenvalue weighted by molar-refractivity contribution is 5.84. The summed E-state index contributed by atoms with van der Waals surface area (Å²) >= 11 is 0. The summed E-state index contributed by atoms with van der Waals surface area (Å²) in [6.07, 6.45) is 1.61. The van der Waals surface area contributed by atoms with Crippen molar-refractivity contribution in [1.29, 1.82) is 0 Å². The minimum atomic E-state index is -0.301. The third kappa shape index (κ3) is 1.85. The molecule has 2 aliphatic rings. The van der Waals surface area contributed by atoms with Crippen molar-refractivity contribution in [1.82, 2.24) is 15.1 Å². The van der Waals surface area contributed by atoms with E-state index in [1.165, 1.54) is 0 Å². The summed E-state index contributed by atoms with van der Waals surface area (Å²) in [5.74, 6) is 0.858. The highest BCUT2D eigenvalue weighted by Crippen LogP contribution is 2.23. The summed E-state index contributed by atoms with van der Waals surface area (Å²) in [7, 11) is 2.10. The molecular weight excluding hydrogens is 218 g/mol. The van der Waals surface area contributed by atoms with Crippen molar-refractivity contribution >= 4 is 5.91 Å². The lowest BCUT2D eigenvalue weighted by atomic mass is 10.0. The molecule has 1 aromatic heterocycles. The van der Waals surface area contributed by atoms with Crippen LogP contribution in [0.15, 0.2) is 22.8 Å². The Morgan fingerprint density at radius 1 is 1.47 bits per heavy atom. The van der Waals surface area contributed by atoms with Gasteiger partial charge in [-0.3, -0.25) is 10.1 Å². The van der Waals surface area contributed by atoms with Gasteiger partial charge in [0, 0.05) is 26.2 Å². The number of piperazine rings is 2. The lowest BCUT2D eigenvalue weighted by Crippen LogP contribution is -2.63. The predicted octanol–water partition coefficient (Wildman–Crippen LogP) is 0.0665. The number of nitrogens with zero attached hydrogens (tertiary/aromatic N) is 2. The number of hydrogen-bond donors (Lipinski definition) is 1. The van der Waals surface area contributed by atoms with E-state index in [9.17, 15) is 4.79 Å². The molecule has 1 aromatic rings. The molecule has 3 heterocycles. The number of carbonyl (C=O) groups excluding carboxylic acids is 1. The van der Waals surface area contributed by atoms with Crippen LogP contribution in [0.1, 0.15) is 11.8 Å². The highest BCUT2D eigenvalue weighted by Gasteiger charge is 2.39. The number of carbonyl (C=O) groups is 1. The quantitative estimate of drug-likeness (QED) is 0.748. The van der Waals surface area contributed by atoms with Gasteiger partial charge in [0.15, 0.2) is 0 Å². The lowest BCUT2D eigenvalue weighted by molar-refractivity contribution is -0.142. The number of nitrogens with one attached hydrogen (secondary N) is 1. The van der Waals surface area contributed by atoms with E-state index < -0.39 is 0 Å². The second-order valence-electron chi connectivity index (χ2n) is 4.80. The molecule has 0 aromatic carbocycles. The van der Waals surface area contributed by atoms with Crippen molar-refractivity contribution in [2.24, 2.45) is 0 Å². The van der Waals surface area contributed by atoms with Crippen LogP contribution in [-0.2, 0) is 4.79 Å². The average Bonchev–Trinajstić information content (AvgIpc) is 2.82. The fourth-order valence-electron chi connectivity index (χ4n) is 2.66. The number of likely N-dealkylation sites (N-methyl/N-ethyl adjacent to an activating group) is 1. The Hall–Kier alpha value is -1.33. The van der Waals surface area contributed by atoms with Gasteiger partial charge in [-0.2, -0.15) is 0 Å². The third-order valence-electron chi connectivity index (χ3n) is 3.60. The predicted molar refractivity (Wildman–Crippen MR) is 62.4 cm³/mol. The Bertz CT molecular complexity index is 404. The maximum absolute atomic E-state index is 12.3. The normalized spacial score (nSPS) is 30.4. The van der Waals surface area contributed by atoms with Crippen LogP contribution in [0.3, 0.4) is 0 Å². The number of fused-ring (bicyclic) bond motifs is 1. The third-order valence-corrected chi connectivity index (χ3v) is 3.60. The van der Waals surface area contributed by atoms with E-state index >= 15 is 0 Å². The molecule has 0 radical (unpaired) electrons. The first-order chi connectivity index (χ1) is 8.25. The molecule has 0 aliphatic carbocycles. The monoisotopic (exact) mass is 235 g/mol. The molecule has 3 rings (SSSR count). The lowest BCUT2D eigenvalue weighted by Gasteiger charge is -2.45. The van der Waals surface area contributed by atoms with E-state index in [1.54, 1.807) is 6.26 Å². The van der Waals surface area contributed by atoms with Crippen LogP contribution in [-0.4, -0.2) is 55.0 Å². The standard InChI is InChI=1S/C12H17N3O2/c1-14-4-5-15-9(8-14)7-13-11(12(15)16)10-3-2-6-17-10/h2-3,6,9,11,13H,4-5,7-8H2,1H3. The van der Waals surface area contributed by atoms with Gasteiger partial charge in [-0.25, -0.2) is 0 Å². The number of furan rings is 1. The van der Waals surface area contributed by atoms with Gasteiger partial charge in [0.1, 0.15) is 11.8 Å². The van der Waals surface area contributed by atoms with E-state index in [0.717, 1.165) is 26.2 Å². The number of hydrogen-bond acceptors (Lipinski definition) is 4. The van der Waals surface area contributed by atoms with Gasteiger partial charge in [0.05, 0.1) is 12.3 Å². The molecular formula is C12H17N3O2. The van der Waals surface area contributed by atoms with Crippen molar-refractivity contribution in [2.45, 2.75) is 12.1 Å². The molecule has 0 spiro atoms. The summed E-state index contributed by atoms with van der Waals surface area (Å²) < 4.78 is 5.32. The second-order valence-corrected chi connectivity index (χ2v) is 4.80. The zero-order valence-electron chi connectivity index (χ0n) is 9.93. The fourth-order valence-corrected chi connectivity index (χ4v) is 2.66. The first-order valence-corrected chi connectivity index (χ1v) is 6.01. The Morgan fingerprint density at radius 2 is 2.35 bits per heavy atom. The van der Waals surface area contributed by atoms with Crippen molar-refractivity contribution in [3.8, 4) is 0 Å². The maximum Gasteiger partial charge on any atom is 0.247 e. The molecule has 1 amide bonds. The molecule has 92 valence electrons. The molecule has 1 N–H and O–H groups in total. The first-order valence-electron chi connectivity index (χ1n) is 6.01. The van der Waals surface area contributed by atoms with Crippen LogP contribution in [0.25, 0.3) is 0 Å².